The highest BCUT2D eigenvalue weighted by Crippen LogP contribution is 2.38. The molecule has 2 atom stereocenters. The lowest BCUT2D eigenvalue weighted by atomic mass is 9.95. The third-order valence-electron chi connectivity index (χ3n) is 6.08. The number of nitrogens with one attached hydrogen (secondary N) is 1. The third-order valence-corrected chi connectivity index (χ3v) is 6.08. The monoisotopic (exact) mass is 364 g/mol. The minimum absolute atomic E-state index is 0.0741. The summed E-state index contributed by atoms with van der Waals surface area (Å²) in [4.78, 5) is 14.9. The number of nitrogens with zero attached hydrogens (tertiary/aromatic N) is 3. The molecule has 0 unspecified atom stereocenters. The second kappa shape index (κ2) is 7.22. The van der Waals surface area contributed by atoms with Crippen molar-refractivity contribution >= 4 is 11.6 Å². The molecule has 3 heterocycles. The third kappa shape index (κ3) is 3.38. The number of urea groups is 1. The van der Waals surface area contributed by atoms with Crippen molar-refractivity contribution in [1.29, 1.82) is 0 Å². The van der Waals surface area contributed by atoms with E-state index in [0.29, 0.717) is 12.6 Å². The molecule has 1 saturated heterocycles. The first-order valence-corrected chi connectivity index (χ1v) is 9.86. The molecule has 0 radical (unpaired) electrons. The average Bonchev–Trinajstić information content (AvgIpc) is 3.08. The number of fused-ring (bicyclic) bond motifs is 2. The first-order valence-electron chi connectivity index (χ1n) is 9.86. The number of aryl methyl sites for hydroxylation is 2. The fraction of sp³-hybridized carbons (Fsp3) is 0.455. The zero-order valence-corrected chi connectivity index (χ0v) is 16.4. The molecule has 0 spiro atoms. The lowest BCUT2D eigenvalue weighted by Crippen LogP contribution is -2.48. The first-order chi connectivity index (χ1) is 13.0. The highest BCUT2D eigenvalue weighted by atomic mass is 16.2. The standard InChI is InChI=1S/C22H28N4O/c1-15-21(16(2)25(3)24-15)11-12-23-22(27)26-19-9-10-20(26)14-18(13-19)17-7-5-4-6-8-17/h4-8,13,19-20H,9-12,14H2,1-3H3,(H,23,27)/t19-,20-/m1/s1. The molecule has 1 N–H and O–H groups in total. The molecule has 5 nitrogen and oxygen atoms in total. The molecule has 2 aromatic rings. The summed E-state index contributed by atoms with van der Waals surface area (Å²) >= 11 is 0. The van der Waals surface area contributed by atoms with E-state index in [-0.39, 0.29) is 12.1 Å². The Morgan fingerprint density at radius 3 is 2.67 bits per heavy atom. The number of rotatable bonds is 4. The van der Waals surface area contributed by atoms with Gasteiger partial charge in [0.1, 0.15) is 0 Å². The van der Waals surface area contributed by atoms with Crippen LogP contribution in [-0.2, 0) is 13.5 Å². The van der Waals surface area contributed by atoms with E-state index in [4.69, 9.17) is 0 Å². The van der Waals surface area contributed by atoms with Crippen molar-refractivity contribution in [2.75, 3.05) is 6.54 Å². The zero-order valence-electron chi connectivity index (χ0n) is 16.4. The number of aromatic nitrogens is 2. The largest absolute Gasteiger partial charge is 0.338 e. The molecule has 1 aromatic carbocycles. The quantitative estimate of drug-likeness (QED) is 0.901. The second-order valence-corrected chi connectivity index (χ2v) is 7.72. The molecule has 0 saturated carbocycles. The summed E-state index contributed by atoms with van der Waals surface area (Å²) in [6.45, 7) is 4.76. The second-order valence-electron chi connectivity index (χ2n) is 7.72. The number of carbonyl (C=O) groups excluding carboxylic acids is 1. The van der Waals surface area contributed by atoms with Gasteiger partial charge in [0, 0.05) is 25.3 Å². The summed E-state index contributed by atoms with van der Waals surface area (Å²) in [6.07, 6.45) is 6.23. The molecule has 142 valence electrons. The Kier molecular flexibility index (Phi) is 4.77. The van der Waals surface area contributed by atoms with Crippen molar-refractivity contribution in [3.8, 4) is 0 Å². The molecular formula is C22H28N4O. The highest BCUT2D eigenvalue weighted by molar-refractivity contribution is 5.78. The summed E-state index contributed by atoms with van der Waals surface area (Å²) in [5.41, 5.74) is 6.14. The van der Waals surface area contributed by atoms with Gasteiger partial charge in [0.05, 0.1) is 11.7 Å². The maximum absolute atomic E-state index is 12.8. The van der Waals surface area contributed by atoms with Crippen molar-refractivity contribution in [2.24, 2.45) is 7.05 Å². The van der Waals surface area contributed by atoms with Crippen LogP contribution in [0.4, 0.5) is 4.79 Å². The van der Waals surface area contributed by atoms with E-state index in [1.807, 2.05) is 24.7 Å². The van der Waals surface area contributed by atoms with Crippen LogP contribution in [0.1, 0.15) is 41.8 Å². The summed E-state index contributed by atoms with van der Waals surface area (Å²) in [5, 5.41) is 7.60. The van der Waals surface area contributed by atoms with E-state index in [0.717, 1.165) is 31.4 Å². The van der Waals surface area contributed by atoms with Crippen LogP contribution in [0.2, 0.25) is 0 Å². The Hall–Kier alpha value is -2.56. The predicted octanol–water partition coefficient (Wildman–Crippen LogP) is 3.61. The molecule has 2 bridgehead atoms. The Balaban J connectivity index is 1.39. The van der Waals surface area contributed by atoms with Gasteiger partial charge in [-0.25, -0.2) is 4.79 Å². The van der Waals surface area contributed by atoms with E-state index in [1.165, 1.54) is 22.4 Å². The lowest BCUT2D eigenvalue weighted by Gasteiger charge is -2.34. The minimum Gasteiger partial charge on any atom is -0.338 e. The summed E-state index contributed by atoms with van der Waals surface area (Å²) in [6, 6.07) is 11.2. The molecule has 4 rings (SSSR count). The van der Waals surface area contributed by atoms with E-state index in [1.54, 1.807) is 0 Å². The van der Waals surface area contributed by atoms with Gasteiger partial charge >= 0.3 is 6.03 Å². The zero-order chi connectivity index (χ0) is 19.0. The fourth-order valence-electron chi connectivity index (χ4n) is 4.58. The van der Waals surface area contributed by atoms with Crippen LogP contribution in [0, 0.1) is 13.8 Å². The van der Waals surface area contributed by atoms with Crippen LogP contribution in [0.15, 0.2) is 36.4 Å². The highest BCUT2D eigenvalue weighted by Gasteiger charge is 2.39. The molecule has 2 amide bonds. The van der Waals surface area contributed by atoms with Crippen LogP contribution >= 0.6 is 0 Å². The van der Waals surface area contributed by atoms with E-state index in [2.05, 4.69) is 52.6 Å². The van der Waals surface area contributed by atoms with Crippen LogP contribution in [0.3, 0.4) is 0 Å². The molecule has 0 aliphatic carbocycles. The van der Waals surface area contributed by atoms with Crippen molar-refractivity contribution < 1.29 is 4.79 Å². The smallest absolute Gasteiger partial charge is 0.318 e. The van der Waals surface area contributed by atoms with Crippen LogP contribution in [0.25, 0.3) is 5.57 Å². The van der Waals surface area contributed by atoms with Gasteiger partial charge in [0.2, 0.25) is 0 Å². The van der Waals surface area contributed by atoms with Gasteiger partial charge in [-0.3, -0.25) is 4.68 Å². The van der Waals surface area contributed by atoms with Crippen LogP contribution in [0.5, 0.6) is 0 Å². The minimum atomic E-state index is 0.0741. The summed E-state index contributed by atoms with van der Waals surface area (Å²) < 4.78 is 1.91. The number of carbonyl (C=O) groups is 1. The van der Waals surface area contributed by atoms with Crippen molar-refractivity contribution in [3.05, 3.63) is 58.9 Å². The van der Waals surface area contributed by atoms with Gasteiger partial charge < -0.3 is 10.2 Å². The molecule has 1 aromatic heterocycles. The Bertz CT molecular complexity index is 868. The number of hydrogen-bond donors (Lipinski definition) is 1. The first kappa shape index (κ1) is 17.8. The van der Waals surface area contributed by atoms with E-state index >= 15 is 0 Å². The van der Waals surface area contributed by atoms with Gasteiger partial charge in [0.15, 0.2) is 0 Å². The predicted molar refractivity (Wildman–Crippen MR) is 107 cm³/mol. The molecular weight excluding hydrogens is 336 g/mol. The number of amides is 2. The molecule has 1 fully saturated rings. The van der Waals surface area contributed by atoms with Gasteiger partial charge in [-0.05, 0) is 56.2 Å². The Labute approximate surface area is 161 Å². The van der Waals surface area contributed by atoms with Gasteiger partial charge in [0.25, 0.3) is 0 Å². The SMILES string of the molecule is Cc1nn(C)c(C)c1CCNC(=O)N1[C@@H]2CC[C@@H]1C=C(c1ccccc1)C2. The molecule has 2 aliphatic heterocycles. The number of hydrogen-bond acceptors (Lipinski definition) is 2. The van der Waals surface area contributed by atoms with Crippen molar-refractivity contribution in [3.63, 3.8) is 0 Å². The Morgan fingerprint density at radius 1 is 1.22 bits per heavy atom. The Morgan fingerprint density at radius 2 is 2.00 bits per heavy atom. The lowest BCUT2D eigenvalue weighted by molar-refractivity contribution is 0.180. The maximum Gasteiger partial charge on any atom is 0.318 e. The van der Waals surface area contributed by atoms with Gasteiger partial charge in [-0.15, -0.1) is 0 Å². The molecule has 5 heteroatoms. The molecule has 27 heavy (non-hydrogen) atoms. The fourth-order valence-corrected chi connectivity index (χ4v) is 4.58. The van der Waals surface area contributed by atoms with Crippen molar-refractivity contribution in [1.82, 2.24) is 20.0 Å². The van der Waals surface area contributed by atoms with Gasteiger partial charge in [-0.1, -0.05) is 36.4 Å². The van der Waals surface area contributed by atoms with Crippen LogP contribution < -0.4 is 5.32 Å². The van der Waals surface area contributed by atoms with Crippen LogP contribution in [-0.4, -0.2) is 39.3 Å². The van der Waals surface area contributed by atoms with E-state index < -0.39 is 0 Å². The summed E-state index contributed by atoms with van der Waals surface area (Å²) in [5.74, 6) is 0. The van der Waals surface area contributed by atoms with E-state index in [9.17, 15) is 4.79 Å². The normalized spacial score (nSPS) is 21.3. The average molecular weight is 364 g/mol. The van der Waals surface area contributed by atoms with Gasteiger partial charge in [-0.2, -0.15) is 5.10 Å². The van der Waals surface area contributed by atoms with Crippen molar-refractivity contribution in [2.45, 2.75) is 51.6 Å². The number of benzene rings is 1. The maximum atomic E-state index is 12.8. The molecule has 2 aliphatic rings. The summed E-state index contributed by atoms with van der Waals surface area (Å²) in [7, 11) is 1.96. The topological polar surface area (TPSA) is 50.2 Å².